The zero-order valence-electron chi connectivity index (χ0n) is 12.4. The second-order valence-electron chi connectivity index (χ2n) is 5.46. The van der Waals surface area contributed by atoms with E-state index in [0.717, 1.165) is 18.7 Å². The molecule has 1 atom stereocenters. The molecule has 2 rings (SSSR count). The van der Waals surface area contributed by atoms with Crippen LogP contribution in [0.4, 0.5) is 5.69 Å². The molecule has 0 radical (unpaired) electrons. The van der Waals surface area contributed by atoms with Crippen LogP contribution in [-0.2, 0) is 4.79 Å². The van der Waals surface area contributed by atoms with E-state index >= 15 is 0 Å². The van der Waals surface area contributed by atoms with Crippen molar-refractivity contribution in [2.75, 3.05) is 25.1 Å². The number of aliphatic carboxylic acids is 1. The number of benzene rings is 1. The molecule has 0 saturated carbocycles. The minimum Gasteiger partial charge on any atom is -0.497 e. The fraction of sp³-hybridized carbons (Fsp3) is 0.500. The van der Waals surface area contributed by atoms with E-state index in [1.54, 1.807) is 19.2 Å². The number of hydrogen-bond acceptors (Lipinski definition) is 4. The maximum absolute atomic E-state index is 11.6. The maximum Gasteiger partial charge on any atom is 0.311 e. The van der Waals surface area contributed by atoms with Crippen molar-refractivity contribution in [2.45, 2.75) is 26.2 Å². The lowest BCUT2D eigenvalue weighted by Crippen LogP contribution is -2.47. The summed E-state index contributed by atoms with van der Waals surface area (Å²) in [5.41, 5.74) is 0.581. The van der Waals surface area contributed by atoms with Gasteiger partial charge in [0.1, 0.15) is 11.8 Å². The second kappa shape index (κ2) is 6.04. The summed E-state index contributed by atoms with van der Waals surface area (Å²) in [6.07, 6.45) is 2.08. The number of ether oxygens (including phenoxy) is 1. The van der Waals surface area contributed by atoms with Gasteiger partial charge in [-0.15, -0.1) is 0 Å². The molecule has 1 aliphatic heterocycles. The first-order chi connectivity index (χ1) is 10.1. The summed E-state index contributed by atoms with van der Waals surface area (Å²) < 4.78 is 5.22. The Kier molecular flexibility index (Phi) is 4.37. The Morgan fingerprint density at radius 3 is 2.90 bits per heavy atom. The third kappa shape index (κ3) is 2.80. The lowest BCUT2D eigenvalue weighted by molar-refractivity contribution is -0.149. The van der Waals surface area contributed by atoms with Crippen molar-refractivity contribution < 1.29 is 14.6 Å². The van der Waals surface area contributed by atoms with Crippen LogP contribution in [-0.4, -0.2) is 31.3 Å². The van der Waals surface area contributed by atoms with Gasteiger partial charge >= 0.3 is 5.97 Å². The van der Waals surface area contributed by atoms with Crippen LogP contribution >= 0.6 is 0 Å². The number of carboxylic acid groups (broad SMARTS) is 1. The van der Waals surface area contributed by atoms with Crippen molar-refractivity contribution in [3.05, 3.63) is 23.8 Å². The SMILES string of the molecule is CCC1(C(=O)O)CCCN(c2cc(OC)ccc2C#N)C1. The molecule has 1 unspecified atom stereocenters. The van der Waals surface area contributed by atoms with E-state index in [9.17, 15) is 15.2 Å². The highest BCUT2D eigenvalue weighted by Gasteiger charge is 2.41. The first-order valence-electron chi connectivity index (χ1n) is 7.13. The fourth-order valence-electron chi connectivity index (χ4n) is 2.95. The van der Waals surface area contributed by atoms with E-state index in [1.807, 2.05) is 17.9 Å². The van der Waals surface area contributed by atoms with E-state index in [1.165, 1.54) is 0 Å². The van der Waals surface area contributed by atoms with Gasteiger partial charge in [0, 0.05) is 19.2 Å². The minimum atomic E-state index is -0.754. The van der Waals surface area contributed by atoms with Crippen LogP contribution in [0.5, 0.6) is 5.75 Å². The van der Waals surface area contributed by atoms with Gasteiger partial charge in [-0.1, -0.05) is 6.92 Å². The molecule has 5 nitrogen and oxygen atoms in total. The first kappa shape index (κ1) is 15.2. The third-order valence-corrected chi connectivity index (χ3v) is 4.37. The van der Waals surface area contributed by atoms with Gasteiger partial charge in [0.05, 0.1) is 23.8 Å². The topological polar surface area (TPSA) is 73.6 Å². The molecule has 0 spiro atoms. The number of nitriles is 1. The molecule has 0 aliphatic carbocycles. The van der Waals surface area contributed by atoms with Gasteiger partial charge in [0.15, 0.2) is 0 Å². The Labute approximate surface area is 124 Å². The molecule has 0 bridgehead atoms. The lowest BCUT2D eigenvalue weighted by atomic mass is 9.77. The Morgan fingerprint density at radius 2 is 2.33 bits per heavy atom. The van der Waals surface area contributed by atoms with Crippen molar-refractivity contribution in [3.63, 3.8) is 0 Å². The Balaban J connectivity index is 2.38. The van der Waals surface area contributed by atoms with Gasteiger partial charge in [-0.25, -0.2) is 0 Å². The summed E-state index contributed by atoms with van der Waals surface area (Å²) in [6.45, 7) is 3.10. The zero-order chi connectivity index (χ0) is 15.5. The Morgan fingerprint density at radius 1 is 1.57 bits per heavy atom. The monoisotopic (exact) mass is 288 g/mol. The van der Waals surface area contributed by atoms with E-state index in [4.69, 9.17) is 4.74 Å². The van der Waals surface area contributed by atoms with Gasteiger partial charge in [-0.05, 0) is 31.4 Å². The average Bonchev–Trinajstić information content (AvgIpc) is 2.53. The van der Waals surface area contributed by atoms with Crippen LogP contribution in [0, 0.1) is 16.7 Å². The van der Waals surface area contributed by atoms with Gasteiger partial charge < -0.3 is 14.7 Å². The lowest BCUT2D eigenvalue weighted by Gasteiger charge is -2.41. The standard InChI is InChI=1S/C16H20N2O3/c1-3-16(15(19)20)7-4-8-18(11-16)14-9-13(21-2)6-5-12(14)10-17/h5-6,9H,3-4,7-8,11H2,1-2H3,(H,19,20). The number of hydrogen-bond donors (Lipinski definition) is 1. The molecular weight excluding hydrogens is 268 g/mol. The number of anilines is 1. The maximum atomic E-state index is 11.6. The predicted molar refractivity (Wildman–Crippen MR) is 79.5 cm³/mol. The molecule has 1 aromatic carbocycles. The summed E-state index contributed by atoms with van der Waals surface area (Å²) in [6, 6.07) is 7.45. The highest BCUT2D eigenvalue weighted by atomic mass is 16.5. The van der Waals surface area contributed by atoms with Gasteiger partial charge in [-0.3, -0.25) is 4.79 Å². The molecule has 1 aromatic rings. The highest BCUT2D eigenvalue weighted by molar-refractivity contribution is 5.76. The van der Waals surface area contributed by atoms with E-state index in [0.29, 0.717) is 30.7 Å². The van der Waals surface area contributed by atoms with E-state index < -0.39 is 11.4 Å². The number of methoxy groups -OCH3 is 1. The second-order valence-corrected chi connectivity index (χ2v) is 5.46. The van der Waals surface area contributed by atoms with E-state index in [-0.39, 0.29) is 0 Å². The molecule has 0 amide bonds. The molecule has 21 heavy (non-hydrogen) atoms. The molecule has 1 fully saturated rings. The summed E-state index contributed by atoms with van der Waals surface area (Å²) in [4.78, 5) is 13.6. The zero-order valence-corrected chi connectivity index (χ0v) is 12.4. The average molecular weight is 288 g/mol. The quantitative estimate of drug-likeness (QED) is 0.922. The molecular formula is C16H20N2O3. The summed E-state index contributed by atoms with van der Waals surface area (Å²) in [7, 11) is 1.58. The molecule has 1 aliphatic rings. The number of piperidine rings is 1. The molecule has 1 saturated heterocycles. The smallest absolute Gasteiger partial charge is 0.311 e. The van der Waals surface area contributed by atoms with Crippen molar-refractivity contribution in [1.29, 1.82) is 5.26 Å². The van der Waals surface area contributed by atoms with Gasteiger partial charge in [0.25, 0.3) is 0 Å². The van der Waals surface area contributed by atoms with Crippen molar-refractivity contribution in [1.82, 2.24) is 0 Å². The predicted octanol–water partition coefficient (Wildman–Crippen LogP) is 2.65. The summed E-state index contributed by atoms with van der Waals surface area (Å²) in [5, 5.41) is 18.8. The van der Waals surface area contributed by atoms with Crippen LogP contribution in [0.25, 0.3) is 0 Å². The number of carbonyl (C=O) groups is 1. The minimum absolute atomic E-state index is 0.431. The molecule has 1 heterocycles. The van der Waals surface area contributed by atoms with Crippen LogP contribution < -0.4 is 9.64 Å². The summed E-state index contributed by atoms with van der Waals surface area (Å²) in [5.74, 6) is -0.0805. The van der Waals surface area contributed by atoms with Crippen LogP contribution in [0.2, 0.25) is 0 Å². The van der Waals surface area contributed by atoms with Crippen LogP contribution in [0.3, 0.4) is 0 Å². The fourth-order valence-corrected chi connectivity index (χ4v) is 2.95. The molecule has 5 heteroatoms. The Hall–Kier alpha value is -2.22. The largest absolute Gasteiger partial charge is 0.497 e. The van der Waals surface area contributed by atoms with Crippen molar-refractivity contribution in [2.24, 2.45) is 5.41 Å². The molecule has 0 aromatic heterocycles. The molecule has 1 N–H and O–H groups in total. The van der Waals surface area contributed by atoms with Crippen LogP contribution in [0.1, 0.15) is 31.7 Å². The normalized spacial score (nSPS) is 21.7. The van der Waals surface area contributed by atoms with Crippen molar-refractivity contribution >= 4 is 11.7 Å². The Bertz CT molecular complexity index is 579. The first-order valence-corrected chi connectivity index (χ1v) is 7.13. The molecule has 112 valence electrons. The van der Waals surface area contributed by atoms with Gasteiger partial charge in [-0.2, -0.15) is 5.26 Å². The number of rotatable bonds is 4. The summed E-state index contributed by atoms with van der Waals surface area (Å²) >= 11 is 0. The number of nitrogens with zero attached hydrogens (tertiary/aromatic N) is 2. The van der Waals surface area contributed by atoms with E-state index in [2.05, 4.69) is 6.07 Å². The van der Waals surface area contributed by atoms with Crippen LogP contribution in [0.15, 0.2) is 18.2 Å². The third-order valence-electron chi connectivity index (χ3n) is 4.37. The van der Waals surface area contributed by atoms with Gasteiger partial charge in [0.2, 0.25) is 0 Å². The highest BCUT2D eigenvalue weighted by Crippen LogP contribution is 2.37. The number of carboxylic acids is 1. The van der Waals surface area contributed by atoms with Crippen molar-refractivity contribution in [3.8, 4) is 11.8 Å².